The van der Waals surface area contributed by atoms with Crippen molar-refractivity contribution in [3.05, 3.63) is 76.8 Å². The molecule has 0 spiro atoms. The summed E-state index contributed by atoms with van der Waals surface area (Å²) in [4.78, 5) is 12.2. The molecule has 0 aliphatic carbocycles. The average Bonchev–Trinajstić information content (AvgIpc) is 2.69. The first kappa shape index (κ1) is 18.9. The molecule has 5 heteroatoms. The lowest BCUT2D eigenvalue weighted by Crippen LogP contribution is -2.17. The molecule has 0 saturated carbocycles. The highest BCUT2D eigenvalue weighted by Gasteiger charge is 2.08. The molecule has 1 N–H and O–H groups in total. The fraction of sp³-hybridized carbons (Fsp3) is 0.182. The highest BCUT2D eigenvalue weighted by molar-refractivity contribution is 6.30. The second kappa shape index (κ2) is 9.19. The number of nitrogens with zero attached hydrogens (tertiary/aromatic N) is 1. The van der Waals surface area contributed by atoms with E-state index in [2.05, 4.69) is 17.5 Å². The molecule has 1 amide bonds. The van der Waals surface area contributed by atoms with Gasteiger partial charge in [0.15, 0.2) is 0 Å². The Labute approximate surface area is 163 Å². The van der Waals surface area contributed by atoms with Gasteiger partial charge in [-0.15, -0.1) is 0 Å². The number of carbonyl (C=O) groups is 1. The van der Waals surface area contributed by atoms with Crippen LogP contribution in [0.15, 0.2) is 65.8 Å². The predicted molar refractivity (Wildman–Crippen MR) is 111 cm³/mol. The minimum atomic E-state index is -0.317. The maximum Gasteiger partial charge on any atom is 0.271 e. The van der Waals surface area contributed by atoms with Crippen LogP contribution in [0.5, 0.6) is 5.75 Å². The second-order valence-electron chi connectivity index (χ2n) is 6.11. The Morgan fingerprint density at radius 2 is 2.00 bits per heavy atom. The van der Waals surface area contributed by atoms with Crippen molar-refractivity contribution in [1.82, 2.24) is 5.43 Å². The standard InChI is InChI=1S/C22H21ClN2O2/c1-2-3-13-27-21-12-11-16-7-4-5-10-19(16)20(21)15-24-25-22(26)17-8-6-9-18(23)14-17/h4-12,14-15H,2-3,13H2,1H3,(H,25,26)/b24-15+. The van der Waals surface area contributed by atoms with E-state index in [1.54, 1.807) is 30.5 Å². The first-order valence-electron chi connectivity index (χ1n) is 8.92. The summed E-state index contributed by atoms with van der Waals surface area (Å²) in [5.41, 5.74) is 3.85. The van der Waals surface area contributed by atoms with Crippen LogP contribution in [0.4, 0.5) is 0 Å². The van der Waals surface area contributed by atoms with E-state index in [1.807, 2.05) is 36.4 Å². The molecule has 3 aromatic carbocycles. The molecule has 3 aromatic rings. The molecule has 0 aliphatic rings. The van der Waals surface area contributed by atoms with Gasteiger partial charge in [0, 0.05) is 16.1 Å². The van der Waals surface area contributed by atoms with Crippen molar-refractivity contribution < 1.29 is 9.53 Å². The zero-order chi connectivity index (χ0) is 19.1. The highest BCUT2D eigenvalue weighted by atomic mass is 35.5. The van der Waals surface area contributed by atoms with Crippen molar-refractivity contribution in [1.29, 1.82) is 0 Å². The lowest BCUT2D eigenvalue weighted by Gasteiger charge is -2.11. The normalized spacial score (nSPS) is 11.0. The number of rotatable bonds is 7. The van der Waals surface area contributed by atoms with E-state index in [-0.39, 0.29) is 5.91 Å². The van der Waals surface area contributed by atoms with Gasteiger partial charge < -0.3 is 4.74 Å². The molecule has 27 heavy (non-hydrogen) atoms. The second-order valence-corrected chi connectivity index (χ2v) is 6.55. The van der Waals surface area contributed by atoms with Crippen molar-refractivity contribution in [3.8, 4) is 5.75 Å². The van der Waals surface area contributed by atoms with E-state index < -0.39 is 0 Å². The third-order valence-corrected chi connectivity index (χ3v) is 4.37. The van der Waals surface area contributed by atoms with Gasteiger partial charge in [-0.2, -0.15) is 5.10 Å². The number of ether oxygens (including phenoxy) is 1. The highest BCUT2D eigenvalue weighted by Crippen LogP contribution is 2.27. The van der Waals surface area contributed by atoms with Crippen LogP contribution in [0.3, 0.4) is 0 Å². The van der Waals surface area contributed by atoms with Gasteiger partial charge in [0.1, 0.15) is 5.75 Å². The minimum Gasteiger partial charge on any atom is -0.493 e. The van der Waals surface area contributed by atoms with Gasteiger partial charge >= 0.3 is 0 Å². The molecule has 0 bridgehead atoms. The lowest BCUT2D eigenvalue weighted by molar-refractivity contribution is 0.0955. The summed E-state index contributed by atoms with van der Waals surface area (Å²) in [5, 5.41) is 6.75. The number of carbonyl (C=O) groups excluding carboxylic acids is 1. The maximum absolute atomic E-state index is 12.2. The number of benzene rings is 3. The number of hydrazone groups is 1. The van der Waals surface area contributed by atoms with Gasteiger partial charge in [-0.05, 0) is 41.5 Å². The minimum absolute atomic E-state index is 0.317. The Morgan fingerprint density at radius 1 is 1.15 bits per heavy atom. The van der Waals surface area contributed by atoms with E-state index in [9.17, 15) is 4.79 Å². The number of hydrogen-bond acceptors (Lipinski definition) is 3. The summed E-state index contributed by atoms with van der Waals surface area (Å²) in [6, 6.07) is 18.7. The van der Waals surface area contributed by atoms with E-state index >= 15 is 0 Å². The number of amides is 1. The van der Waals surface area contributed by atoms with Gasteiger partial charge in [0.25, 0.3) is 5.91 Å². The van der Waals surface area contributed by atoms with Crippen LogP contribution < -0.4 is 10.2 Å². The monoisotopic (exact) mass is 380 g/mol. The van der Waals surface area contributed by atoms with Gasteiger partial charge in [0.05, 0.1) is 12.8 Å². The van der Waals surface area contributed by atoms with Gasteiger partial charge in [0.2, 0.25) is 0 Å². The molecule has 0 heterocycles. The predicted octanol–water partition coefficient (Wildman–Crippen LogP) is 5.44. The van der Waals surface area contributed by atoms with Crippen LogP contribution in [0.1, 0.15) is 35.7 Å². The fourth-order valence-corrected chi connectivity index (χ4v) is 2.90. The maximum atomic E-state index is 12.2. The summed E-state index contributed by atoms with van der Waals surface area (Å²) >= 11 is 5.93. The Balaban J connectivity index is 1.84. The largest absolute Gasteiger partial charge is 0.493 e. The zero-order valence-corrected chi connectivity index (χ0v) is 15.9. The summed E-state index contributed by atoms with van der Waals surface area (Å²) in [6.07, 6.45) is 3.67. The molecule has 0 unspecified atom stereocenters. The molecule has 0 aliphatic heterocycles. The van der Waals surface area contributed by atoms with E-state index in [0.717, 1.165) is 34.9 Å². The molecular weight excluding hydrogens is 360 g/mol. The molecule has 3 rings (SSSR count). The van der Waals surface area contributed by atoms with Crippen LogP contribution in [0, 0.1) is 0 Å². The van der Waals surface area contributed by atoms with Crippen LogP contribution >= 0.6 is 11.6 Å². The number of halogens is 1. The van der Waals surface area contributed by atoms with E-state index in [0.29, 0.717) is 17.2 Å². The van der Waals surface area contributed by atoms with Gasteiger partial charge in [-0.3, -0.25) is 4.79 Å². The molecule has 0 fully saturated rings. The van der Waals surface area contributed by atoms with Crippen molar-refractivity contribution in [2.45, 2.75) is 19.8 Å². The smallest absolute Gasteiger partial charge is 0.271 e. The fourth-order valence-electron chi connectivity index (χ4n) is 2.71. The van der Waals surface area contributed by atoms with Crippen LogP contribution in [0.25, 0.3) is 10.8 Å². The van der Waals surface area contributed by atoms with Crippen molar-refractivity contribution >= 4 is 34.5 Å². The molecular formula is C22H21ClN2O2. The lowest BCUT2D eigenvalue weighted by atomic mass is 10.0. The first-order chi connectivity index (χ1) is 13.2. The zero-order valence-electron chi connectivity index (χ0n) is 15.1. The number of nitrogens with one attached hydrogen (secondary N) is 1. The Bertz CT molecular complexity index is 969. The summed E-state index contributed by atoms with van der Waals surface area (Å²) in [7, 11) is 0. The van der Waals surface area contributed by atoms with Crippen LogP contribution in [0.2, 0.25) is 5.02 Å². The molecule has 138 valence electrons. The van der Waals surface area contributed by atoms with Crippen LogP contribution in [-0.2, 0) is 0 Å². The van der Waals surface area contributed by atoms with Crippen molar-refractivity contribution in [3.63, 3.8) is 0 Å². The van der Waals surface area contributed by atoms with Crippen molar-refractivity contribution in [2.24, 2.45) is 5.10 Å². The number of hydrogen-bond donors (Lipinski definition) is 1. The Morgan fingerprint density at radius 3 is 2.81 bits per heavy atom. The molecule has 4 nitrogen and oxygen atoms in total. The summed E-state index contributed by atoms with van der Waals surface area (Å²) in [5.74, 6) is 0.436. The molecule has 0 saturated heterocycles. The third kappa shape index (κ3) is 4.86. The number of fused-ring (bicyclic) bond motifs is 1. The Kier molecular flexibility index (Phi) is 6.44. The van der Waals surface area contributed by atoms with E-state index in [1.165, 1.54) is 0 Å². The summed E-state index contributed by atoms with van der Waals surface area (Å²) in [6.45, 7) is 2.77. The first-order valence-corrected chi connectivity index (χ1v) is 9.30. The number of unbranched alkanes of at least 4 members (excludes halogenated alkanes) is 1. The van der Waals surface area contributed by atoms with Crippen LogP contribution in [-0.4, -0.2) is 18.7 Å². The average molecular weight is 381 g/mol. The third-order valence-electron chi connectivity index (χ3n) is 4.13. The SMILES string of the molecule is CCCCOc1ccc2ccccc2c1/C=N/NC(=O)c1cccc(Cl)c1. The van der Waals surface area contributed by atoms with E-state index in [4.69, 9.17) is 16.3 Å². The van der Waals surface area contributed by atoms with Gasteiger partial charge in [-0.1, -0.05) is 61.3 Å². The topological polar surface area (TPSA) is 50.7 Å². The molecule has 0 radical (unpaired) electrons. The molecule has 0 atom stereocenters. The quantitative estimate of drug-likeness (QED) is 0.337. The molecule has 0 aromatic heterocycles. The Hall–Kier alpha value is -2.85. The summed E-state index contributed by atoms with van der Waals surface area (Å²) < 4.78 is 5.92. The van der Waals surface area contributed by atoms with Crippen molar-refractivity contribution in [2.75, 3.05) is 6.61 Å². The van der Waals surface area contributed by atoms with Gasteiger partial charge in [-0.25, -0.2) is 5.43 Å².